The average molecular weight is 346 g/mol. The van der Waals surface area contributed by atoms with E-state index in [2.05, 4.69) is 17.1 Å². The fraction of sp³-hybridized carbons (Fsp3) is 0.533. The van der Waals surface area contributed by atoms with E-state index < -0.39 is 5.91 Å². The van der Waals surface area contributed by atoms with Crippen LogP contribution in [-0.4, -0.2) is 48.7 Å². The van der Waals surface area contributed by atoms with Crippen LogP contribution in [0.15, 0.2) is 6.07 Å². The summed E-state index contributed by atoms with van der Waals surface area (Å²) in [5.74, 6) is -0.638. The van der Waals surface area contributed by atoms with Gasteiger partial charge in [-0.2, -0.15) is 0 Å². The van der Waals surface area contributed by atoms with Crippen molar-refractivity contribution in [1.82, 2.24) is 10.2 Å². The fourth-order valence-electron chi connectivity index (χ4n) is 2.84. The Morgan fingerprint density at radius 1 is 1.50 bits per heavy atom. The van der Waals surface area contributed by atoms with Crippen molar-refractivity contribution in [2.75, 3.05) is 26.7 Å². The second-order valence-electron chi connectivity index (χ2n) is 5.23. The van der Waals surface area contributed by atoms with Gasteiger partial charge in [0.25, 0.3) is 5.91 Å². The minimum absolute atomic E-state index is 0.0204. The molecule has 1 aromatic carbocycles. The van der Waals surface area contributed by atoms with Crippen LogP contribution < -0.4 is 10.1 Å². The van der Waals surface area contributed by atoms with E-state index in [0.717, 1.165) is 25.9 Å². The molecule has 1 saturated heterocycles. The van der Waals surface area contributed by atoms with Gasteiger partial charge in [0, 0.05) is 12.6 Å². The van der Waals surface area contributed by atoms with Crippen LogP contribution in [0, 0.1) is 0 Å². The van der Waals surface area contributed by atoms with E-state index in [1.807, 2.05) is 0 Å². The molecule has 1 aliphatic heterocycles. The van der Waals surface area contributed by atoms with Crippen molar-refractivity contribution in [3.8, 4) is 11.5 Å². The lowest BCUT2D eigenvalue weighted by molar-refractivity contribution is 0.0935. The van der Waals surface area contributed by atoms with E-state index in [1.165, 1.54) is 13.2 Å². The Labute approximate surface area is 140 Å². The number of likely N-dealkylation sites (tertiary alicyclic amines) is 1. The number of benzene rings is 1. The van der Waals surface area contributed by atoms with Crippen molar-refractivity contribution >= 4 is 29.1 Å². The Balaban J connectivity index is 2.16. The molecule has 1 unspecified atom stereocenters. The number of hydrogen-bond acceptors (Lipinski definition) is 4. The van der Waals surface area contributed by atoms with Crippen LogP contribution in [0.3, 0.4) is 0 Å². The SMILES string of the molecule is C[11CH2]N1CCCC1CNC(=O)c1c(O)c(Cl)cc(Cl)c1OC. The summed E-state index contributed by atoms with van der Waals surface area (Å²) in [6.07, 6.45) is 2.18. The van der Waals surface area contributed by atoms with Gasteiger partial charge in [-0.1, -0.05) is 30.1 Å². The molecule has 2 rings (SSSR count). The Bertz CT molecular complexity index is 566. The summed E-state index contributed by atoms with van der Waals surface area (Å²) in [6, 6.07) is 1.67. The smallest absolute Gasteiger partial charge is 0.259 e. The molecule has 2 N–H and O–H groups in total. The Morgan fingerprint density at radius 2 is 2.23 bits per heavy atom. The van der Waals surface area contributed by atoms with Gasteiger partial charge in [-0.3, -0.25) is 9.69 Å². The summed E-state index contributed by atoms with van der Waals surface area (Å²) >= 11 is 11.9. The van der Waals surface area contributed by atoms with Gasteiger partial charge in [0.2, 0.25) is 0 Å². The second-order valence-corrected chi connectivity index (χ2v) is 6.05. The number of carbonyl (C=O) groups excluding carboxylic acids is 1. The number of phenolic OH excluding ortho intramolecular Hbond substituents is 1. The molecule has 1 fully saturated rings. The van der Waals surface area contributed by atoms with E-state index in [4.69, 9.17) is 27.9 Å². The highest BCUT2D eigenvalue weighted by Gasteiger charge is 2.26. The lowest BCUT2D eigenvalue weighted by atomic mass is 10.0. The van der Waals surface area contributed by atoms with Crippen LogP contribution in [0.5, 0.6) is 11.5 Å². The normalized spacial score (nSPS) is 18.5. The predicted molar refractivity (Wildman–Crippen MR) is 87.3 cm³/mol. The number of aromatic hydroxyl groups is 1. The molecular formula is C15H20Cl2N2O3. The molecular weight excluding hydrogens is 326 g/mol. The summed E-state index contributed by atoms with van der Waals surface area (Å²) in [4.78, 5) is 14.7. The molecule has 0 bridgehead atoms. The molecule has 0 aromatic heterocycles. The van der Waals surface area contributed by atoms with Crippen molar-refractivity contribution in [2.45, 2.75) is 25.8 Å². The number of nitrogens with zero attached hydrogens (tertiary/aromatic N) is 1. The highest BCUT2D eigenvalue weighted by Crippen LogP contribution is 2.40. The minimum atomic E-state index is -0.443. The molecule has 0 aliphatic carbocycles. The number of carbonyl (C=O) groups is 1. The van der Waals surface area contributed by atoms with Gasteiger partial charge < -0.3 is 15.2 Å². The molecule has 0 saturated carbocycles. The highest BCUT2D eigenvalue weighted by molar-refractivity contribution is 6.37. The molecule has 7 heteroatoms. The third-order valence-corrected chi connectivity index (χ3v) is 4.56. The van der Waals surface area contributed by atoms with E-state index in [-0.39, 0.29) is 27.1 Å². The maximum absolute atomic E-state index is 12.4. The number of halogens is 2. The Hall–Kier alpha value is -1.17. The van der Waals surface area contributed by atoms with E-state index in [9.17, 15) is 9.90 Å². The van der Waals surface area contributed by atoms with Gasteiger partial charge >= 0.3 is 0 Å². The topological polar surface area (TPSA) is 61.8 Å². The fourth-order valence-corrected chi connectivity index (χ4v) is 3.38. The van der Waals surface area contributed by atoms with Crippen molar-refractivity contribution in [1.29, 1.82) is 0 Å². The number of methoxy groups -OCH3 is 1. The quantitative estimate of drug-likeness (QED) is 0.861. The standard InChI is InChI=1S/C15H20Cl2N2O3/c1-3-19-6-4-5-9(19)8-18-15(21)12-13(20)10(16)7-11(17)14(12)22-2/h7,9,20H,3-6,8H2,1-2H3,(H,18,21)/i3-1. The van der Waals surface area contributed by atoms with Gasteiger partial charge in [-0.05, 0) is 32.0 Å². The second kappa shape index (κ2) is 7.40. The summed E-state index contributed by atoms with van der Waals surface area (Å²) < 4.78 is 5.13. The molecule has 22 heavy (non-hydrogen) atoms. The van der Waals surface area contributed by atoms with Crippen LogP contribution >= 0.6 is 23.2 Å². The van der Waals surface area contributed by atoms with Crippen LogP contribution in [0.25, 0.3) is 0 Å². The van der Waals surface area contributed by atoms with Gasteiger partial charge in [0.1, 0.15) is 5.56 Å². The van der Waals surface area contributed by atoms with Gasteiger partial charge in [-0.25, -0.2) is 0 Å². The monoisotopic (exact) mass is 345 g/mol. The molecule has 1 heterocycles. The van der Waals surface area contributed by atoms with E-state index in [1.54, 1.807) is 0 Å². The van der Waals surface area contributed by atoms with Crippen molar-refractivity contribution in [3.63, 3.8) is 0 Å². The molecule has 1 amide bonds. The lowest BCUT2D eigenvalue weighted by Crippen LogP contribution is -2.40. The highest BCUT2D eigenvalue weighted by atomic mass is 35.5. The van der Waals surface area contributed by atoms with E-state index in [0.29, 0.717) is 12.6 Å². The van der Waals surface area contributed by atoms with E-state index >= 15 is 0 Å². The maximum Gasteiger partial charge on any atom is 0.259 e. The number of rotatable bonds is 5. The first-order chi connectivity index (χ1) is 10.5. The molecule has 5 nitrogen and oxygen atoms in total. The Morgan fingerprint density at radius 3 is 2.86 bits per heavy atom. The third-order valence-electron chi connectivity index (χ3n) is 4.00. The van der Waals surface area contributed by atoms with Gasteiger partial charge in [0.05, 0.1) is 17.2 Å². The molecule has 0 radical (unpaired) electrons. The molecule has 1 aliphatic rings. The van der Waals surface area contributed by atoms with Gasteiger partial charge in [-0.15, -0.1) is 0 Å². The van der Waals surface area contributed by atoms with Crippen LogP contribution in [-0.2, 0) is 0 Å². The van der Waals surface area contributed by atoms with Crippen molar-refractivity contribution < 1.29 is 14.6 Å². The predicted octanol–water partition coefficient (Wildman–Crippen LogP) is 2.92. The number of phenols is 1. The number of likely N-dealkylation sites (N-methyl/N-ethyl adjacent to an activating group) is 1. The Kier molecular flexibility index (Phi) is 5.78. The largest absolute Gasteiger partial charge is 0.505 e. The first kappa shape index (κ1) is 17.2. The number of nitrogens with one attached hydrogen (secondary N) is 1. The first-order valence-corrected chi connectivity index (χ1v) is 8.02. The van der Waals surface area contributed by atoms with Crippen molar-refractivity contribution in [2.24, 2.45) is 0 Å². The van der Waals surface area contributed by atoms with Crippen LogP contribution in [0.4, 0.5) is 0 Å². The zero-order chi connectivity index (χ0) is 16.3. The zero-order valence-corrected chi connectivity index (χ0v) is 14.2. The van der Waals surface area contributed by atoms with Crippen LogP contribution in [0.2, 0.25) is 10.0 Å². The lowest BCUT2D eigenvalue weighted by Gasteiger charge is -2.23. The maximum atomic E-state index is 12.4. The molecule has 1 aromatic rings. The summed E-state index contributed by atoms with van der Waals surface area (Å²) in [5, 5.41) is 13.1. The third kappa shape index (κ3) is 3.42. The van der Waals surface area contributed by atoms with Gasteiger partial charge in [0.15, 0.2) is 11.5 Å². The minimum Gasteiger partial charge on any atom is -0.505 e. The number of hydrogen-bond donors (Lipinski definition) is 2. The van der Waals surface area contributed by atoms with Crippen molar-refractivity contribution in [3.05, 3.63) is 21.7 Å². The molecule has 1 atom stereocenters. The molecule has 122 valence electrons. The zero-order valence-electron chi connectivity index (χ0n) is 12.7. The summed E-state index contributed by atoms with van der Waals surface area (Å²) in [6.45, 7) is 4.62. The summed E-state index contributed by atoms with van der Waals surface area (Å²) in [5.41, 5.74) is -0.0268. The first-order valence-electron chi connectivity index (χ1n) is 7.26. The number of ether oxygens (including phenoxy) is 1. The average Bonchev–Trinajstić information content (AvgIpc) is 2.95. The molecule has 0 spiro atoms. The number of amides is 1. The summed E-state index contributed by atoms with van der Waals surface area (Å²) in [7, 11) is 1.39. The van der Waals surface area contributed by atoms with Crippen LogP contribution in [0.1, 0.15) is 30.1 Å².